The van der Waals surface area contributed by atoms with Gasteiger partial charge in [0.05, 0.1) is 0 Å². The Balaban J connectivity index is 1.36. The lowest BCUT2D eigenvalue weighted by Crippen LogP contribution is -2.62. The second-order valence-corrected chi connectivity index (χ2v) is 7.92. The highest BCUT2D eigenvalue weighted by Crippen LogP contribution is 2.44. The van der Waals surface area contributed by atoms with E-state index in [0.29, 0.717) is 12.8 Å². The number of aliphatic carboxylic acids is 1. The van der Waals surface area contributed by atoms with Gasteiger partial charge in [0.2, 0.25) is 5.91 Å². The molecule has 0 unspecified atom stereocenters. The van der Waals surface area contributed by atoms with Gasteiger partial charge in [0, 0.05) is 5.92 Å². The van der Waals surface area contributed by atoms with E-state index in [-0.39, 0.29) is 12.5 Å². The molecule has 2 aliphatic rings. The summed E-state index contributed by atoms with van der Waals surface area (Å²) in [5.41, 5.74) is 3.26. The van der Waals surface area contributed by atoms with Gasteiger partial charge in [0.15, 0.2) is 0 Å². The van der Waals surface area contributed by atoms with E-state index < -0.39 is 29.6 Å². The summed E-state index contributed by atoms with van der Waals surface area (Å²) in [7, 11) is 0. The van der Waals surface area contributed by atoms with Crippen LogP contribution in [-0.4, -0.2) is 41.3 Å². The van der Waals surface area contributed by atoms with Crippen molar-refractivity contribution in [1.82, 2.24) is 10.6 Å². The van der Waals surface area contributed by atoms with Crippen LogP contribution in [0.15, 0.2) is 48.5 Å². The van der Waals surface area contributed by atoms with Crippen molar-refractivity contribution in [2.75, 3.05) is 6.61 Å². The Labute approximate surface area is 174 Å². The van der Waals surface area contributed by atoms with Gasteiger partial charge in [0.1, 0.15) is 18.2 Å². The van der Waals surface area contributed by atoms with E-state index in [0.717, 1.165) is 28.7 Å². The number of hydrogen-bond donors (Lipinski definition) is 3. The Hall–Kier alpha value is -3.35. The smallest absolute Gasteiger partial charge is 0.407 e. The molecule has 0 spiro atoms. The molecule has 1 saturated carbocycles. The number of alkyl carbamates (subject to hydrolysis) is 1. The van der Waals surface area contributed by atoms with Crippen LogP contribution in [0.4, 0.5) is 4.79 Å². The molecule has 156 valence electrons. The van der Waals surface area contributed by atoms with E-state index in [9.17, 15) is 19.5 Å². The first-order valence-electron chi connectivity index (χ1n) is 10.1. The van der Waals surface area contributed by atoms with Gasteiger partial charge in [-0.3, -0.25) is 4.79 Å². The Morgan fingerprint density at radius 3 is 2.13 bits per heavy atom. The third-order valence-corrected chi connectivity index (χ3v) is 6.05. The molecule has 0 aliphatic heterocycles. The molecule has 0 radical (unpaired) electrons. The minimum Gasteiger partial charge on any atom is -0.480 e. The molecule has 0 aromatic heterocycles. The number of carbonyl (C=O) groups excluding carboxylic acids is 2. The van der Waals surface area contributed by atoms with Crippen LogP contribution in [0, 0.1) is 0 Å². The molecule has 0 saturated heterocycles. The molecule has 2 aromatic carbocycles. The average Bonchev–Trinajstić information content (AvgIpc) is 3.02. The van der Waals surface area contributed by atoms with Gasteiger partial charge in [-0.2, -0.15) is 0 Å². The van der Waals surface area contributed by atoms with Gasteiger partial charge in [-0.05, 0) is 48.4 Å². The Morgan fingerprint density at radius 1 is 1.07 bits per heavy atom. The molecule has 2 aliphatic carbocycles. The number of carboxylic acids is 1. The zero-order chi connectivity index (χ0) is 21.3. The highest BCUT2D eigenvalue weighted by atomic mass is 16.5. The molecule has 1 fully saturated rings. The Morgan fingerprint density at radius 2 is 1.63 bits per heavy atom. The van der Waals surface area contributed by atoms with E-state index in [1.807, 2.05) is 36.4 Å². The number of carbonyl (C=O) groups is 3. The maximum absolute atomic E-state index is 12.3. The number of fused-ring (bicyclic) bond motifs is 3. The molecular weight excluding hydrogens is 384 g/mol. The maximum Gasteiger partial charge on any atom is 0.407 e. The number of rotatable bonds is 6. The van der Waals surface area contributed by atoms with Gasteiger partial charge >= 0.3 is 12.1 Å². The summed E-state index contributed by atoms with van der Waals surface area (Å²) < 4.78 is 5.43. The molecule has 4 rings (SSSR count). The number of ether oxygens (including phenoxy) is 1. The molecule has 3 N–H and O–H groups in total. The topological polar surface area (TPSA) is 105 Å². The van der Waals surface area contributed by atoms with Crippen LogP contribution in [0.1, 0.15) is 43.2 Å². The first kappa shape index (κ1) is 19.9. The van der Waals surface area contributed by atoms with Gasteiger partial charge < -0.3 is 20.5 Å². The standard InChI is InChI=1S/C23H24N2O5/c1-14(20(26)25-23(21(27)28)11-6-12-23)24-22(29)30-13-19-17-9-4-2-7-15(17)16-8-3-5-10-18(16)19/h2-5,7-10,14,19H,6,11-13H2,1H3,(H,24,29)(H,25,26)(H,27,28)/t14-/m1/s1. The summed E-state index contributed by atoms with van der Waals surface area (Å²) in [6, 6.07) is 15.2. The third kappa shape index (κ3) is 3.51. The number of nitrogens with one attached hydrogen (secondary N) is 2. The lowest BCUT2D eigenvalue weighted by atomic mass is 9.76. The number of hydrogen-bond acceptors (Lipinski definition) is 4. The quantitative estimate of drug-likeness (QED) is 0.681. The van der Waals surface area contributed by atoms with Crippen LogP contribution in [0.2, 0.25) is 0 Å². The zero-order valence-corrected chi connectivity index (χ0v) is 16.7. The molecule has 1 atom stereocenters. The predicted octanol–water partition coefficient (Wildman–Crippen LogP) is 3.04. The first-order valence-corrected chi connectivity index (χ1v) is 10.1. The minimum absolute atomic E-state index is 0.0717. The lowest BCUT2D eigenvalue weighted by Gasteiger charge is -2.38. The van der Waals surface area contributed by atoms with Gasteiger partial charge in [0.25, 0.3) is 0 Å². The molecule has 0 bridgehead atoms. The van der Waals surface area contributed by atoms with E-state index in [4.69, 9.17) is 4.74 Å². The predicted molar refractivity (Wildman–Crippen MR) is 110 cm³/mol. The molecule has 2 aromatic rings. The maximum atomic E-state index is 12.3. The number of carboxylic acid groups (broad SMARTS) is 1. The van der Waals surface area contributed by atoms with Crippen molar-refractivity contribution in [3.8, 4) is 11.1 Å². The van der Waals surface area contributed by atoms with Gasteiger partial charge in [-0.25, -0.2) is 9.59 Å². The van der Waals surface area contributed by atoms with Crippen LogP contribution in [0.25, 0.3) is 11.1 Å². The summed E-state index contributed by atoms with van der Waals surface area (Å²) in [5.74, 6) is -1.65. The van der Waals surface area contributed by atoms with Crippen molar-refractivity contribution in [2.45, 2.75) is 43.7 Å². The number of amides is 2. The van der Waals surface area contributed by atoms with Crippen molar-refractivity contribution >= 4 is 18.0 Å². The summed E-state index contributed by atoms with van der Waals surface area (Å²) in [4.78, 5) is 36.0. The van der Waals surface area contributed by atoms with Crippen molar-refractivity contribution in [3.63, 3.8) is 0 Å². The van der Waals surface area contributed by atoms with E-state index in [1.54, 1.807) is 0 Å². The molecule has 0 heterocycles. The fraction of sp³-hybridized carbons (Fsp3) is 0.348. The van der Waals surface area contributed by atoms with Crippen LogP contribution in [0.5, 0.6) is 0 Å². The van der Waals surface area contributed by atoms with Crippen LogP contribution in [-0.2, 0) is 14.3 Å². The molecule has 7 heteroatoms. The molecule has 2 amide bonds. The number of benzene rings is 2. The Kier molecular flexibility index (Phi) is 5.20. The highest BCUT2D eigenvalue weighted by Gasteiger charge is 2.46. The molecular formula is C23H24N2O5. The fourth-order valence-corrected chi connectivity index (χ4v) is 4.15. The zero-order valence-electron chi connectivity index (χ0n) is 16.7. The summed E-state index contributed by atoms with van der Waals surface area (Å²) in [5, 5.41) is 14.4. The second-order valence-electron chi connectivity index (χ2n) is 7.92. The lowest BCUT2D eigenvalue weighted by molar-refractivity contribution is -0.152. The van der Waals surface area contributed by atoms with Crippen LogP contribution < -0.4 is 10.6 Å². The first-order chi connectivity index (χ1) is 14.4. The van der Waals surface area contributed by atoms with Crippen molar-refractivity contribution in [1.29, 1.82) is 0 Å². The second kappa shape index (κ2) is 7.82. The van der Waals surface area contributed by atoms with Gasteiger partial charge in [-0.15, -0.1) is 0 Å². The summed E-state index contributed by atoms with van der Waals surface area (Å²) >= 11 is 0. The Bertz CT molecular complexity index is 953. The minimum atomic E-state index is -1.21. The van der Waals surface area contributed by atoms with Crippen molar-refractivity contribution in [2.24, 2.45) is 0 Å². The SMILES string of the molecule is C[C@@H](NC(=O)OCC1c2ccccc2-c2ccccc21)C(=O)NC1(C(=O)O)CCC1. The van der Waals surface area contributed by atoms with Crippen LogP contribution in [0.3, 0.4) is 0 Å². The summed E-state index contributed by atoms with van der Waals surface area (Å²) in [6.45, 7) is 1.65. The summed E-state index contributed by atoms with van der Waals surface area (Å²) in [6.07, 6.45) is 0.829. The molecule has 30 heavy (non-hydrogen) atoms. The van der Waals surface area contributed by atoms with E-state index >= 15 is 0 Å². The normalized spacial score (nSPS) is 17.1. The van der Waals surface area contributed by atoms with Gasteiger partial charge in [-0.1, -0.05) is 48.5 Å². The van der Waals surface area contributed by atoms with E-state index in [2.05, 4.69) is 22.8 Å². The monoisotopic (exact) mass is 408 g/mol. The van der Waals surface area contributed by atoms with Crippen molar-refractivity contribution < 1.29 is 24.2 Å². The van der Waals surface area contributed by atoms with E-state index in [1.165, 1.54) is 6.92 Å². The fourth-order valence-electron chi connectivity index (χ4n) is 4.15. The highest BCUT2D eigenvalue weighted by molar-refractivity contribution is 5.91. The largest absolute Gasteiger partial charge is 0.480 e. The van der Waals surface area contributed by atoms with Crippen LogP contribution >= 0.6 is 0 Å². The third-order valence-electron chi connectivity index (χ3n) is 6.05. The average molecular weight is 408 g/mol. The molecule has 7 nitrogen and oxygen atoms in total. The van der Waals surface area contributed by atoms with Crippen molar-refractivity contribution in [3.05, 3.63) is 59.7 Å².